The molecule has 0 saturated carbocycles. The molecule has 1 aromatic heterocycles. The molecule has 1 heterocycles. The zero-order chi connectivity index (χ0) is 11.2. The molecule has 2 rings (SSSR count). The summed E-state index contributed by atoms with van der Waals surface area (Å²) in [6.07, 6.45) is 3.33. The molecule has 0 aliphatic heterocycles. The molecule has 0 amide bonds. The second-order valence-electron chi connectivity index (χ2n) is 3.07. The summed E-state index contributed by atoms with van der Waals surface area (Å²) in [5, 5.41) is 0. The van der Waals surface area contributed by atoms with Gasteiger partial charge in [0.2, 0.25) is 5.88 Å². The van der Waals surface area contributed by atoms with Crippen molar-refractivity contribution in [2.24, 2.45) is 4.99 Å². The van der Waals surface area contributed by atoms with Crippen LogP contribution in [0.5, 0.6) is 5.88 Å². The molecular formula is C12H11N3O. The summed E-state index contributed by atoms with van der Waals surface area (Å²) in [5.41, 5.74) is 1.01. The third-order valence-corrected chi connectivity index (χ3v) is 1.96. The summed E-state index contributed by atoms with van der Waals surface area (Å²) in [6, 6.07) is 11.5. The Labute approximate surface area is 93.7 Å². The Balaban J connectivity index is 2.17. The number of methoxy groups -OCH3 is 1. The first-order valence-electron chi connectivity index (χ1n) is 4.84. The molecule has 0 aliphatic carbocycles. The first kappa shape index (κ1) is 10.3. The molecule has 0 unspecified atom stereocenters. The van der Waals surface area contributed by atoms with Gasteiger partial charge in [-0.3, -0.25) is 0 Å². The van der Waals surface area contributed by atoms with Crippen LogP contribution in [0.25, 0.3) is 0 Å². The van der Waals surface area contributed by atoms with E-state index < -0.39 is 0 Å². The van der Waals surface area contributed by atoms with Crippen LogP contribution >= 0.6 is 0 Å². The molecule has 0 atom stereocenters. The van der Waals surface area contributed by atoms with Crippen LogP contribution in [-0.2, 0) is 0 Å². The molecular weight excluding hydrogens is 202 g/mol. The van der Waals surface area contributed by atoms with Crippen LogP contribution in [0.2, 0.25) is 0 Å². The molecule has 2 aromatic rings. The molecule has 80 valence electrons. The van der Waals surface area contributed by atoms with E-state index in [9.17, 15) is 0 Å². The molecule has 1 aromatic carbocycles. The van der Waals surface area contributed by atoms with Crippen LogP contribution < -0.4 is 4.74 Å². The van der Waals surface area contributed by atoms with Crippen molar-refractivity contribution >= 4 is 12.2 Å². The maximum atomic E-state index is 4.98. The van der Waals surface area contributed by atoms with Gasteiger partial charge in [-0.05, 0) is 5.56 Å². The predicted molar refractivity (Wildman–Crippen MR) is 62.3 cm³/mol. The molecule has 4 nitrogen and oxygen atoms in total. The van der Waals surface area contributed by atoms with Crippen molar-refractivity contribution in [1.82, 2.24) is 9.97 Å². The van der Waals surface area contributed by atoms with Gasteiger partial charge < -0.3 is 4.74 Å². The van der Waals surface area contributed by atoms with Crippen LogP contribution in [0.1, 0.15) is 5.56 Å². The molecule has 0 saturated heterocycles. The zero-order valence-electron chi connectivity index (χ0n) is 8.87. The Kier molecular flexibility index (Phi) is 3.23. The van der Waals surface area contributed by atoms with Crippen molar-refractivity contribution in [1.29, 1.82) is 0 Å². The fourth-order valence-corrected chi connectivity index (χ4v) is 1.18. The van der Waals surface area contributed by atoms with Crippen molar-refractivity contribution in [3.63, 3.8) is 0 Å². The van der Waals surface area contributed by atoms with E-state index in [0.29, 0.717) is 11.8 Å². The largest absolute Gasteiger partial charge is 0.481 e. The zero-order valence-corrected chi connectivity index (χ0v) is 8.87. The highest BCUT2D eigenvalue weighted by Gasteiger charge is 1.95. The van der Waals surface area contributed by atoms with Crippen LogP contribution in [-0.4, -0.2) is 23.3 Å². The van der Waals surface area contributed by atoms with E-state index in [-0.39, 0.29) is 0 Å². The summed E-state index contributed by atoms with van der Waals surface area (Å²) < 4.78 is 4.98. The smallest absolute Gasteiger partial charge is 0.252 e. The Morgan fingerprint density at radius 3 is 2.75 bits per heavy atom. The lowest BCUT2D eigenvalue weighted by molar-refractivity contribution is 0.397. The molecule has 0 spiro atoms. The summed E-state index contributed by atoms with van der Waals surface area (Å²) in [7, 11) is 1.56. The number of ether oxygens (including phenoxy) is 1. The first-order valence-corrected chi connectivity index (χ1v) is 4.84. The quantitative estimate of drug-likeness (QED) is 0.734. The van der Waals surface area contributed by atoms with Gasteiger partial charge in [-0.1, -0.05) is 30.3 Å². The lowest BCUT2D eigenvalue weighted by Crippen LogP contribution is -1.88. The van der Waals surface area contributed by atoms with Gasteiger partial charge in [0.25, 0.3) is 5.95 Å². The van der Waals surface area contributed by atoms with Gasteiger partial charge in [0, 0.05) is 18.5 Å². The minimum absolute atomic E-state index is 0.392. The Morgan fingerprint density at radius 2 is 2.00 bits per heavy atom. The summed E-state index contributed by atoms with van der Waals surface area (Å²) in [5.74, 6) is 0.901. The lowest BCUT2D eigenvalue weighted by atomic mass is 10.2. The molecule has 0 bridgehead atoms. The van der Waals surface area contributed by atoms with Crippen molar-refractivity contribution < 1.29 is 4.74 Å². The van der Waals surface area contributed by atoms with Crippen molar-refractivity contribution in [2.45, 2.75) is 0 Å². The molecule has 0 aliphatic rings. The Morgan fingerprint density at radius 1 is 1.19 bits per heavy atom. The van der Waals surface area contributed by atoms with E-state index in [0.717, 1.165) is 5.56 Å². The van der Waals surface area contributed by atoms with Crippen molar-refractivity contribution in [3.05, 3.63) is 48.2 Å². The van der Waals surface area contributed by atoms with Gasteiger partial charge in [0.15, 0.2) is 0 Å². The second-order valence-corrected chi connectivity index (χ2v) is 3.07. The molecule has 0 N–H and O–H groups in total. The van der Waals surface area contributed by atoms with Crippen molar-refractivity contribution in [3.8, 4) is 5.88 Å². The Bertz CT molecular complexity index is 483. The van der Waals surface area contributed by atoms with E-state index in [1.807, 2.05) is 30.3 Å². The summed E-state index contributed by atoms with van der Waals surface area (Å²) >= 11 is 0. The van der Waals surface area contributed by atoms with Gasteiger partial charge in [-0.2, -0.15) is 4.98 Å². The normalized spacial score (nSPS) is 10.6. The van der Waals surface area contributed by atoms with E-state index in [1.165, 1.54) is 0 Å². The molecule has 0 fully saturated rings. The number of aromatic nitrogens is 2. The standard InChI is InChI=1S/C12H11N3O/c1-16-11-7-8-13-12(15-11)14-9-10-5-3-2-4-6-10/h2-9H,1H3. The summed E-state index contributed by atoms with van der Waals surface area (Å²) in [4.78, 5) is 12.2. The highest BCUT2D eigenvalue weighted by Crippen LogP contribution is 2.09. The lowest BCUT2D eigenvalue weighted by Gasteiger charge is -1.97. The number of rotatable bonds is 3. The van der Waals surface area contributed by atoms with Crippen LogP contribution in [0, 0.1) is 0 Å². The molecule has 0 radical (unpaired) electrons. The van der Waals surface area contributed by atoms with Gasteiger partial charge in [-0.25, -0.2) is 9.98 Å². The fraction of sp³-hybridized carbons (Fsp3) is 0.0833. The van der Waals surface area contributed by atoms with E-state index >= 15 is 0 Å². The maximum Gasteiger partial charge on any atom is 0.252 e. The average Bonchev–Trinajstić information content (AvgIpc) is 2.38. The van der Waals surface area contributed by atoms with E-state index in [1.54, 1.807) is 25.6 Å². The third-order valence-electron chi connectivity index (χ3n) is 1.96. The number of hydrogen-bond acceptors (Lipinski definition) is 4. The highest BCUT2D eigenvalue weighted by atomic mass is 16.5. The van der Waals surface area contributed by atoms with Gasteiger partial charge in [-0.15, -0.1) is 0 Å². The Hall–Kier alpha value is -2.23. The average molecular weight is 213 g/mol. The van der Waals surface area contributed by atoms with Crippen LogP contribution in [0.3, 0.4) is 0 Å². The number of nitrogens with zero attached hydrogens (tertiary/aromatic N) is 3. The third kappa shape index (κ3) is 2.63. The van der Waals surface area contributed by atoms with Gasteiger partial charge >= 0.3 is 0 Å². The topological polar surface area (TPSA) is 47.4 Å². The van der Waals surface area contributed by atoms with Crippen LogP contribution in [0.4, 0.5) is 5.95 Å². The predicted octanol–water partition coefficient (Wildman–Crippen LogP) is 2.24. The summed E-state index contributed by atoms with van der Waals surface area (Å²) in [6.45, 7) is 0. The van der Waals surface area contributed by atoms with Crippen LogP contribution in [0.15, 0.2) is 47.6 Å². The number of aliphatic imine (C=N–C) groups is 1. The SMILES string of the molecule is COc1ccnc(N=Cc2ccccc2)n1. The van der Waals surface area contributed by atoms with Gasteiger partial charge in [0.1, 0.15) is 0 Å². The number of benzene rings is 1. The highest BCUT2D eigenvalue weighted by molar-refractivity contribution is 5.80. The van der Waals surface area contributed by atoms with Gasteiger partial charge in [0.05, 0.1) is 7.11 Å². The monoisotopic (exact) mass is 213 g/mol. The number of hydrogen-bond donors (Lipinski definition) is 0. The maximum absolute atomic E-state index is 4.98. The molecule has 16 heavy (non-hydrogen) atoms. The van der Waals surface area contributed by atoms with E-state index in [2.05, 4.69) is 15.0 Å². The second kappa shape index (κ2) is 5.02. The minimum Gasteiger partial charge on any atom is -0.481 e. The fourth-order valence-electron chi connectivity index (χ4n) is 1.18. The minimum atomic E-state index is 0.392. The first-order chi connectivity index (χ1) is 7.88. The van der Waals surface area contributed by atoms with Crippen molar-refractivity contribution in [2.75, 3.05) is 7.11 Å². The molecule has 4 heteroatoms. The van der Waals surface area contributed by atoms with E-state index in [4.69, 9.17) is 4.74 Å².